The molecule has 1 rings (SSSR count). The van der Waals surface area contributed by atoms with Crippen LogP contribution in [0.25, 0.3) is 0 Å². The van der Waals surface area contributed by atoms with E-state index >= 15 is 0 Å². The maximum absolute atomic E-state index is 5.21. The number of nitrogens with zero attached hydrogens (tertiary/aromatic N) is 2. The highest BCUT2D eigenvalue weighted by Gasteiger charge is 2.10. The van der Waals surface area contributed by atoms with Crippen LogP contribution in [0.1, 0.15) is 31.5 Å². The van der Waals surface area contributed by atoms with E-state index in [4.69, 9.17) is 9.47 Å². The van der Waals surface area contributed by atoms with Crippen molar-refractivity contribution >= 4 is 5.82 Å². The monoisotopic (exact) mass is 225 g/mol. The zero-order valence-corrected chi connectivity index (χ0v) is 10.3. The first-order valence-corrected chi connectivity index (χ1v) is 5.34. The standard InChI is InChI=1S/C11H19N3O2/c1-5-12-10-6-9(7-15-3)13-11(14-10)8(2)16-4/h6,8H,5,7H2,1-4H3,(H,12,13,14). The van der Waals surface area contributed by atoms with Crippen molar-refractivity contribution in [3.63, 3.8) is 0 Å². The van der Waals surface area contributed by atoms with E-state index in [1.165, 1.54) is 0 Å². The summed E-state index contributed by atoms with van der Waals surface area (Å²) in [5, 5.41) is 3.16. The predicted octanol–water partition coefficient (Wildman–Crippen LogP) is 1.76. The SMILES string of the molecule is CCNc1cc(COC)nc(C(C)OC)n1. The molecule has 0 amide bonds. The third-order valence-corrected chi connectivity index (χ3v) is 2.16. The van der Waals surface area contributed by atoms with Crippen LogP contribution in [0.4, 0.5) is 5.82 Å². The number of methoxy groups -OCH3 is 2. The maximum atomic E-state index is 5.21. The molecular weight excluding hydrogens is 206 g/mol. The number of rotatable bonds is 6. The van der Waals surface area contributed by atoms with Crippen LogP contribution in [0.3, 0.4) is 0 Å². The van der Waals surface area contributed by atoms with Crippen LogP contribution in [0.2, 0.25) is 0 Å². The molecule has 1 aromatic heterocycles. The summed E-state index contributed by atoms with van der Waals surface area (Å²) in [5.74, 6) is 1.48. The number of hydrogen-bond acceptors (Lipinski definition) is 5. The molecule has 0 radical (unpaired) electrons. The van der Waals surface area contributed by atoms with Crippen molar-refractivity contribution in [2.24, 2.45) is 0 Å². The van der Waals surface area contributed by atoms with E-state index in [0.717, 1.165) is 18.1 Å². The molecule has 0 aliphatic heterocycles. The van der Waals surface area contributed by atoms with Crippen LogP contribution >= 0.6 is 0 Å². The second kappa shape index (κ2) is 6.40. The Bertz CT molecular complexity index is 307. The van der Waals surface area contributed by atoms with Gasteiger partial charge in [-0.2, -0.15) is 0 Å². The highest BCUT2D eigenvalue weighted by atomic mass is 16.5. The van der Waals surface area contributed by atoms with Crippen LogP contribution in [0.5, 0.6) is 0 Å². The van der Waals surface area contributed by atoms with E-state index in [-0.39, 0.29) is 6.10 Å². The Labute approximate surface area is 96.2 Å². The van der Waals surface area contributed by atoms with Crippen LogP contribution in [0, 0.1) is 0 Å². The van der Waals surface area contributed by atoms with Crippen molar-refractivity contribution in [1.29, 1.82) is 0 Å². The molecule has 16 heavy (non-hydrogen) atoms. The minimum Gasteiger partial charge on any atom is -0.378 e. The molecule has 0 saturated carbocycles. The van der Waals surface area contributed by atoms with Gasteiger partial charge in [-0.15, -0.1) is 0 Å². The van der Waals surface area contributed by atoms with Crippen LogP contribution in [0.15, 0.2) is 6.07 Å². The van der Waals surface area contributed by atoms with Crippen molar-refractivity contribution in [2.75, 3.05) is 26.1 Å². The molecular formula is C11H19N3O2. The number of anilines is 1. The van der Waals surface area contributed by atoms with Crippen molar-refractivity contribution < 1.29 is 9.47 Å². The molecule has 90 valence electrons. The van der Waals surface area contributed by atoms with Crippen LogP contribution in [-0.4, -0.2) is 30.7 Å². The molecule has 1 atom stereocenters. The van der Waals surface area contributed by atoms with Gasteiger partial charge < -0.3 is 14.8 Å². The molecule has 1 unspecified atom stereocenters. The van der Waals surface area contributed by atoms with Gasteiger partial charge in [-0.25, -0.2) is 9.97 Å². The fraction of sp³-hybridized carbons (Fsp3) is 0.636. The minimum absolute atomic E-state index is 0.116. The average molecular weight is 225 g/mol. The number of aromatic nitrogens is 2. The summed E-state index contributed by atoms with van der Waals surface area (Å²) in [7, 11) is 3.29. The molecule has 1 N–H and O–H groups in total. The van der Waals surface area contributed by atoms with Gasteiger partial charge in [-0.1, -0.05) is 0 Å². The van der Waals surface area contributed by atoms with Gasteiger partial charge in [-0.05, 0) is 13.8 Å². The Kier molecular flexibility index (Phi) is 5.14. The molecule has 0 bridgehead atoms. The molecule has 0 aliphatic carbocycles. The lowest BCUT2D eigenvalue weighted by molar-refractivity contribution is 0.111. The highest BCUT2D eigenvalue weighted by Crippen LogP contribution is 2.15. The first kappa shape index (κ1) is 12.9. The minimum atomic E-state index is -0.116. The molecule has 0 aliphatic rings. The maximum Gasteiger partial charge on any atom is 0.159 e. The Morgan fingerprint density at radius 2 is 2.12 bits per heavy atom. The van der Waals surface area contributed by atoms with Gasteiger partial charge in [-0.3, -0.25) is 0 Å². The molecule has 0 saturated heterocycles. The second-order valence-corrected chi connectivity index (χ2v) is 3.44. The molecule has 0 fully saturated rings. The van der Waals surface area contributed by atoms with Crippen LogP contribution in [-0.2, 0) is 16.1 Å². The fourth-order valence-electron chi connectivity index (χ4n) is 1.30. The van der Waals surface area contributed by atoms with Gasteiger partial charge in [0, 0.05) is 26.8 Å². The predicted molar refractivity (Wildman–Crippen MR) is 62.3 cm³/mol. The average Bonchev–Trinajstić information content (AvgIpc) is 2.28. The van der Waals surface area contributed by atoms with Gasteiger partial charge in [0.2, 0.25) is 0 Å². The Hall–Kier alpha value is -1.20. The van der Waals surface area contributed by atoms with E-state index in [1.807, 2.05) is 19.9 Å². The van der Waals surface area contributed by atoms with Crippen molar-refractivity contribution in [3.05, 3.63) is 17.6 Å². The molecule has 0 spiro atoms. The fourth-order valence-corrected chi connectivity index (χ4v) is 1.30. The Morgan fingerprint density at radius 3 is 2.69 bits per heavy atom. The van der Waals surface area contributed by atoms with E-state index in [9.17, 15) is 0 Å². The number of ether oxygens (including phenoxy) is 2. The Balaban J connectivity index is 2.97. The van der Waals surface area contributed by atoms with E-state index in [0.29, 0.717) is 12.4 Å². The molecule has 5 heteroatoms. The van der Waals surface area contributed by atoms with Gasteiger partial charge in [0.15, 0.2) is 5.82 Å². The number of hydrogen-bond donors (Lipinski definition) is 1. The van der Waals surface area contributed by atoms with E-state index < -0.39 is 0 Å². The smallest absolute Gasteiger partial charge is 0.159 e. The van der Waals surface area contributed by atoms with Gasteiger partial charge >= 0.3 is 0 Å². The summed E-state index contributed by atoms with van der Waals surface area (Å²) in [6.45, 7) is 5.24. The summed E-state index contributed by atoms with van der Waals surface area (Å²) < 4.78 is 10.3. The molecule has 1 aromatic rings. The summed E-state index contributed by atoms with van der Waals surface area (Å²) in [6, 6.07) is 1.89. The van der Waals surface area contributed by atoms with E-state index in [2.05, 4.69) is 15.3 Å². The molecule has 0 aromatic carbocycles. The first-order chi connectivity index (χ1) is 7.71. The summed E-state index contributed by atoms with van der Waals surface area (Å²) in [6.07, 6.45) is -0.116. The largest absolute Gasteiger partial charge is 0.378 e. The normalized spacial score (nSPS) is 12.5. The topological polar surface area (TPSA) is 56.3 Å². The summed E-state index contributed by atoms with van der Waals surface area (Å²) >= 11 is 0. The van der Waals surface area contributed by atoms with Crippen molar-refractivity contribution in [1.82, 2.24) is 9.97 Å². The van der Waals surface area contributed by atoms with Crippen molar-refractivity contribution in [3.8, 4) is 0 Å². The van der Waals surface area contributed by atoms with Crippen LogP contribution < -0.4 is 5.32 Å². The molecule has 5 nitrogen and oxygen atoms in total. The van der Waals surface area contributed by atoms with E-state index in [1.54, 1.807) is 14.2 Å². The Morgan fingerprint density at radius 1 is 1.38 bits per heavy atom. The third kappa shape index (κ3) is 3.43. The first-order valence-electron chi connectivity index (χ1n) is 5.34. The summed E-state index contributed by atoms with van der Waals surface area (Å²) in [5.41, 5.74) is 0.854. The van der Waals surface area contributed by atoms with Crippen molar-refractivity contribution in [2.45, 2.75) is 26.6 Å². The van der Waals surface area contributed by atoms with Gasteiger partial charge in [0.25, 0.3) is 0 Å². The number of nitrogens with one attached hydrogen (secondary N) is 1. The highest BCUT2D eigenvalue weighted by molar-refractivity contribution is 5.36. The second-order valence-electron chi connectivity index (χ2n) is 3.44. The lowest BCUT2D eigenvalue weighted by atomic mass is 10.3. The molecule has 1 heterocycles. The third-order valence-electron chi connectivity index (χ3n) is 2.16. The zero-order chi connectivity index (χ0) is 12.0. The van der Waals surface area contributed by atoms with Gasteiger partial charge in [0.05, 0.1) is 12.3 Å². The van der Waals surface area contributed by atoms with Gasteiger partial charge in [0.1, 0.15) is 11.9 Å². The zero-order valence-electron chi connectivity index (χ0n) is 10.3. The quantitative estimate of drug-likeness (QED) is 0.799. The lowest BCUT2D eigenvalue weighted by Gasteiger charge is -2.12. The lowest BCUT2D eigenvalue weighted by Crippen LogP contribution is -2.09. The summed E-state index contributed by atoms with van der Waals surface area (Å²) in [4.78, 5) is 8.75.